The van der Waals surface area contributed by atoms with Gasteiger partial charge in [0.25, 0.3) is 0 Å². The number of fused-ring (bicyclic) bond motifs is 1. The van der Waals surface area contributed by atoms with E-state index >= 15 is 0 Å². The summed E-state index contributed by atoms with van der Waals surface area (Å²) < 4.78 is 6.17. The molecule has 0 aliphatic carbocycles. The van der Waals surface area contributed by atoms with E-state index in [4.69, 9.17) is 4.42 Å². The Hall–Kier alpha value is -1.87. The molecule has 18 heavy (non-hydrogen) atoms. The van der Waals surface area contributed by atoms with Crippen LogP contribution in [0.1, 0.15) is 0 Å². The second-order valence-corrected chi connectivity index (χ2v) is 4.90. The van der Waals surface area contributed by atoms with Gasteiger partial charge in [-0.3, -0.25) is 0 Å². The van der Waals surface area contributed by atoms with Gasteiger partial charge in [0.05, 0.1) is 0 Å². The van der Waals surface area contributed by atoms with E-state index in [0.29, 0.717) is 5.58 Å². The summed E-state index contributed by atoms with van der Waals surface area (Å²) in [6.45, 7) is 0. The van der Waals surface area contributed by atoms with Gasteiger partial charge in [-0.15, -0.1) is 0 Å². The topological polar surface area (TPSA) is 30.2 Å². The number of rotatable bonds is 1. The highest BCUT2D eigenvalue weighted by Crippen LogP contribution is 2.28. The summed E-state index contributed by atoms with van der Waals surface area (Å²) in [6.07, 6.45) is 0. The first kappa shape index (κ1) is 11.2. The zero-order chi connectivity index (χ0) is 12.5. The smallest absolute Gasteiger partial charge is 0.336 e. The van der Waals surface area contributed by atoms with Crippen LogP contribution in [0.15, 0.2) is 68.3 Å². The Labute approximate surface area is 112 Å². The van der Waals surface area contributed by atoms with E-state index in [0.717, 1.165) is 21.0 Å². The van der Waals surface area contributed by atoms with E-state index in [1.807, 2.05) is 42.5 Å². The van der Waals surface area contributed by atoms with Crippen molar-refractivity contribution < 1.29 is 4.42 Å². The Balaban J connectivity index is 2.38. The first-order chi connectivity index (χ1) is 8.74. The molecule has 0 atom stereocenters. The molecule has 2 aromatic carbocycles. The van der Waals surface area contributed by atoms with E-state index in [2.05, 4.69) is 15.9 Å². The highest BCUT2D eigenvalue weighted by Gasteiger charge is 2.07. The molecule has 0 amide bonds. The van der Waals surface area contributed by atoms with Gasteiger partial charge >= 0.3 is 5.63 Å². The van der Waals surface area contributed by atoms with E-state index < -0.39 is 0 Å². The van der Waals surface area contributed by atoms with Crippen LogP contribution in [0, 0.1) is 0 Å². The van der Waals surface area contributed by atoms with Crippen molar-refractivity contribution in [2.75, 3.05) is 0 Å². The van der Waals surface area contributed by atoms with Crippen molar-refractivity contribution in [2.24, 2.45) is 0 Å². The van der Waals surface area contributed by atoms with Gasteiger partial charge in [-0.25, -0.2) is 4.79 Å². The van der Waals surface area contributed by atoms with Gasteiger partial charge in [-0.05, 0) is 29.3 Å². The fourth-order valence-corrected chi connectivity index (χ4v) is 2.41. The summed E-state index contributed by atoms with van der Waals surface area (Å²) in [5.74, 6) is 0. The lowest BCUT2D eigenvalue weighted by atomic mass is 10.0. The maximum Gasteiger partial charge on any atom is 0.336 e. The Morgan fingerprint density at radius 1 is 0.944 bits per heavy atom. The molecule has 2 nitrogen and oxygen atoms in total. The maximum atomic E-state index is 11.6. The fraction of sp³-hybridized carbons (Fsp3) is 0. The van der Waals surface area contributed by atoms with E-state index in [1.165, 1.54) is 6.07 Å². The van der Waals surface area contributed by atoms with Crippen LogP contribution < -0.4 is 5.63 Å². The molecule has 0 saturated heterocycles. The SMILES string of the molecule is O=c1cc(-c2cccc(Br)c2)c2ccccc2o1. The van der Waals surface area contributed by atoms with Gasteiger partial charge in [0.15, 0.2) is 0 Å². The number of hydrogen-bond donors (Lipinski definition) is 0. The number of hydrogen-bond acceptors (Lipinski definition) is 2. The van der Waals surface area contributed by atoms with Crippen molar-refractivity contribution in [2.45, 2.75) is 0 Å². The largest absolute Gasteiger partial charge is 0.423 e. The normalized spacial score (nSPS) is 10.7. The molecular weight excluding hydrogens is 292 g/mol. The van der Waals surface area contributed by atoms with Crippen LogP contribution in [0.25, 0.3) is 22.1 Å². The van der Waals surface area contributed by atoms with Gasteiger partial charge in [-0.1, -0.05) is 46.3 Å². The monoisotopic (exact) mass is 300 g/mol. The van der Waals surface area contributed by atoms with E-state index in [9.17, 15) is 4.79 Å². The third kappa shape index (κ3) is 1.97. The second-order valence-electron chi connectivity index (χ2n) is 3.99. The Morgan fingerprint density at radius 3 is 2.61 bits per heavy atom. The van der Waals surface area contributed by atoms with E-state index in [-0.39, 0.29) is 5.63 Å². The molecule has 0 N–H and O–H groups in total. The predicted molar refractivity (Wildman–Crippen MR) is 75.6 cm³/mol. The summed E-state index contributed by atoms with van der Waals surface area (Å²) in [6, 6.07) is 16.9. The van der Waals surface area contributed by atoms with Gasteiger partial charge in [0.2, 0.25) is 0 Å². The summed E-state index contributed by atoms with van der Waals surface area (Å²) >= 11 is 3.44. The molecule has 0 saturated carbocycles. The predicted octanol–water partition coefficient (Wildman–Crippen LogP) is 4.22. The minimum Gasteiger partial charge on any atom is -0.423 e. The molecule has 0 unspecified atom stereocenters. The van der Waals surface area contributed by atoms with Crippen LogP contribution in [-0.2, 0) is 0 Å². The lowest BCUT2D eigenvalue weighted by Gasteiger charge is -2.05. The van der Waals surface area contributed by atoms with Gasteiger partial charge in [0.1, 0.15) is 5.58 Å². The lowest BCUT2D eigenvalue weighted by Crippen LogP contribution is -1.97. The standard InChI is InChI=1S/C15H9BrO2/c16-11-5-3-4-10(8-11)13-9-15(17)18-14-7-2-1-6-12(13)14/h1-9H. The summed E-state index contributed by atoms with van der Waals surface area (Å²) in [5, 5.41) is 0.940. The van der Waals surface area contributed by atoms with E-state index in [1.54, 1.807) is 6.07 Å². The van der Waals surface area contributed by atoms with Crippen molar-refractivity contribution >= 4 is 26.9 Å². The van der Waals surface area contributed by atoms with Crippen molar-refractivity contribution in [3.8, 4) is 11.1 Å². The number of para-hydroxylation sites is 1. The molecule has 88 valence electrons. The molecule has 0 aliphatic heterocycles. The van der Waals surface area contributed by atoms with Gasteiger partial charge in [-0.2, -0.15) is 0 Å². The third-order valence-electron chi connectivity index (χ3n) is 2.79. The second kappa shape index (κ2) is 4.42. The van der Waals surface area contributed by atoms with Crippen molar-refractivity contribution in [3.63, 3.8) is 0 Å². The fourth-order valence-electron chi connectivity index (χ4n) is 2.01. The molecule has 3 heteroatoms. The van der Waals surface area contributed by atoms with Gasteiger partial charge < -0.3 is 4.42 Å². The first-order valence-electron chi connectivity index (χ1n) is 5.53. The average Bonchev–Trinajstić information content (AvgIpc) is 2.37. The molecule has 3 rings (SSSR count). The third-order valence-corrected chi connectivity index (χ3v) is 3.28. The molecule has 1 heterocycles. The van der Waals surface area contributed by atoms with Crippen LogP contribution in [0.2, 0.25) is 0 Å². The van der Waals surface area contributed by atoms with Crippen molar-refractivity contribution in [1.29, 1.82) is 0 Å². The Kier molecular flexibility index (Phi) is 2.76. The number of halogens is 1. The molecule has 0 radical (unpaired) electrons. The highest BCUT2D eigenvalue weighted by molar-refractivity contribution is 9.10. The molecular formula is C15H9BrO2. The average molecular weight is 301 g/mol. The molecule has 3 aromatic rings. The first-order valence-corrected chi connectivity index (χ1v) is 6.32. The minimum absolute atomic E-state index is 0.330. The number of benzene rings is 2. The van der Waals surface area contributed by atoms with Gasteiger partial charge in [0, 0.05) is 15.9 Å². The van der Waals surface area contributed by atoms with Crippen LogP contribution in [0.3, 0.4) is 0 Å². The van der Waals surface area contributed by atoms with Crippen molar-refractivity contribution in [1.82, 2.24) is 0 Å². The van der Waals surface area contributed by atoms with Crippen LogP contribution in [0.4, 0.5) is 0 Å². The summed E-state index contributed by atoms with van der Waals surface area (Å²) in [5.41, 5.74) is 2.17. The quantitative estimate of drug-likeness (QED) is 0.630. The zero-order valence-electron chi connectivity index (χ0n) is 9.39. The van der Waals surface area contributed by atoms with Crippen LogP contribution in [0.5, 0.6) is 0 Å². The summed E-state index contributed by atoms with van der Waals surface area (Å²) in [4.78, 5) is 11.6. The minimum atomic E-state index is -0.330. The zero-order valence-corrected chi connectivity index (χ0v) is 11.0. The Bertz CT molecular complexity index is 775. The molecule has 0 spiro atoms. The van der Waals surface area contributed by atoms with Crippen LogP contribution in [-0.4, -0.2) is 0 Å². The molecule has 0 fully saturated rings. The molecule has 0 bridgehead atoms. The maximum absolute atomic E-state index is 11.6. The van der Waals surface area contributed by atoms with Crippen LogP contribution >= 0.6 is 15.9 Å². The van der Waals surface area contributed by atoms with Crippen molar-refractivity contribution in [3.05, 3.63) is 69.5 Å². The molecule has 0 aliphatic rings. The highest BCUT2D eigenvalue weighted by atomic mass is 79.9. The Morgan fingerprint density at radius 2 is 1.78 bits per heavy atom. The summed E-state index contributed by atoms with van der Waals surface area (Å²) in [7, 11) is 0. The lowest BCUT2D eigenvalue weighted by molar-refractivity contribution is 0.561. The molecule has 1 aromatic heterocycles.